The number of hydrogen-bond donors (Lipinski definition) is 0. The van der Waals surface area contributed by atoms with Crippen LogP contribution in [-0.2, 0) is 6.18 Å². The summed E-state index contributed by atoms with van der Waals surface area (Å²) >= 11 is 1.21. The Balaban J connectivity index is 2.33. The van der Waals surface area contributed by atoms with Crippen molar-refractivity contribution in [1.29, 1.82) is 5.26 Å². The topological polar surface area (TPSA) is 58.1 Å². The van der Waals surface area contributed by atoms with Crippen molar-refractivity contribution in [2.24, 2.45) is 11.0 Å². The molecule has 2 aromatic rings. The van der Waals surface area contributed by atoms with E-state index >= 15 is 0 Å². The molecule has 4 nitrogen and oxygen atoms in total. The van der Waals surface area contributed by atoms with Gasteiger partial charge in [-0.15, -0.1) is 11.3 Å². The Morgan fingerprint density at radius 1 is 1.44 bits per heavy atom. The van der Waals surface area contributed by atoms with Crippen LogP contribution in [0.2, 0.25) is 0 Å². The van der Waals surface area contributed by atoms with Crippen molar-refractivity contribution >= 4 is 17.0 Å². The fourth-order valence-corrected chi connectivity index (χ4v) is 3.64. The first-order chi connectivity index (χ1) is 11.8. The predicted molar refractivity (Wildman–Crippen MR) is 89.6 cm³/mol. The molecule has 8 heteroatoms. The molecular formula is C17H14F3N3OS. The number of rotatable bonds is 2. The van der Waals surface area contributed by atoms with E-state index in [0.29, 0.717) is 11.3 Å². The van der Waals surface area contributed by atoms with Crippen LogP contribution in [-0.4, -0.2) is 10.4 Å². The molecule has 0 amide bonds. The summed E-state index contributed by atoms with van der Waals surface area (Å²) in [5, 5.41) is 15.2. The summed E-state index contributed by atoms with van der Waals surface area (Å²) in [5.74, 6) is 0.163. The highest BCUT2D eigenvalue weighted by atomic mass is 32.1. The lowest BCUT2D eigenvalue weighted by molar-refractivity contribution is -0.137. The van der Waals surface area contributed by atoms with E-state index < -0.39 is 22.9 Å². The number of thiophene rings is 1. The molecule has 130 valence electrons. The molecule has 25 heavy (non-hydrogen) atoms. The van der Waals surface area contributed by atoms with Crippen LogP contribution in [0.25, 0.3) is 10.6 Å². The number of nitrogens with zero attached hydrogens (tertiary/aromatic N) is 3. The second-order valence-electron chi connectivity index (χ2n) is 5.91. The summed E-state index contributed by atoms with van der Waals surface area (Å²) in [7, 11) is 0. The SMILES string of the molecule is CC1CCC/C1=N/n1c(-c2cccs2)cc(C(F)(F)F)c(C#N)c1=O. The highest BCUT2D eigenvalue weighted by Crippen LogP contribution is 2.35. The lowest BCUT2D eigenvalue weighted by Gasteiger charge is -2.14. The van der Waals surface area contributed by atoms with E-state index in [2.05, 4.69) is 5.10 Å². The van der Waals surface area contributed by atoms with Crippen molar-refractivity contribution in [2.75, 3.05) is 0 Å². The van der Waals surface area contributed by atoms with Gasteiger partial charge in [0.1, 0.15) is 11.6 Å². The zero-order valence-corrected chi connectivity index (χ0v) is 14.1. The van der Waals surface area contributed by atoms with Crippen molar-refractivity contribution < 1.29 is 13.2 Å². The van der Waals surface area contributed by atoms with Crippen LogP contribution in [0.15, 0.2) is 33.5 Å². The van der Waals surface area contributed by atoms with Crippen LogP contribution in [0.5, 0.6) is 0 Å². The number of aromatic nitrogens is 1. The minimum absolute atomic E-state index is 0.0536. The summed E-state index contributed by atoms with van der Waals surface area (Å²) in [4.78, 5) is 13.1. The molecule has 1 unspecified atom stereocenters. The molecule has 0 spiro atoms. The molecule has 1 atom stereocenters. The van der Waals surface area contributed by atoms with Crippen molar-refractivity contribution in [3.8, 4) is 16.6 Å². The third kappa shape index (κ3) is 3.24. The summed E-state index contributed by atoms with van der Waals surface area (Å²) in [6.45, 7) is 1.97. The van der Waals surface area contributed by atoms with Crippen LogP contribution < -0.4 is 5.56 Å². The molecular weight excluding hydrogens is 351 g/mol. The van der Waals surface area contributed by atoms with Gasteiger partial charge in [0.25, 0.3) is 5.56 Å². The Morgan fingerprint density at radius 3 is 2.72 bits per heavy atom. The van der Waals surface area contributed by atoms with Gasteiger partial charge in [0.05, 0.1) is 16.1 Å². The largest absolute Gasteiger partial charge is 0.417 e. The van der Waals surface area contributed by atoms with Crippen molar-refractivity contribution in [1.82, 2.24) is 4.68 Å². The molecule has 0 N–H and O–H groups in total. The summed E-state index contributed by atoms with van der Waals surface area (Å²) in [5.41, 5.74) is -2.36. The van der Waals surface area contributed by atoms with E-state index in [1.807, 2.05) is 6.92 Å². The van der Waals surface area contributed by atoms with Gasteiger partial charge in [-0.1, -0.05) is 13.0 Å². The van der Waals surface area contributed by atoms with Crippen LogP contribution in [0.3, 0.4) is 0 Å². The van der Waals surface area contributed by atoms with Gasteiger partial charge in [0, 0.05) is 5.71 Å². The van der Waals surface area contributed by atoms with Crippen LogP contribution in [0.4, 0.5) is 13.2 Å². The lowest BCUT2D eigenvalue weighted by atomic mass is 10.1. The number of alkyl halides is 3. The summed E-state index contributed by atoms with van der Waals surface area (Å²) in [6, 6.07) is 5.55. The van der Waals surface area contributed by atoms with Gasteiger partial charge in [-0.3, -0.25) is 4.79 Å². The van der Waals surface area contributed by atoms with E-state index in [9.17, 15) is 18.0 Å². The minimum atomic E-state index is -4.79. The molecule has 0 aromatic carbocycles. The summed E-state index contributed by atoms with van der Waals surface area (Å²) < 4.78 is 40.9. The Kier molecular flexibility index (Phi) is 4.52. The Bertz CT molecular complexity index is 920. The van der Waals surface area contributed by atoms with Gasteiger partial charge in [0.15, 0.2) is 0 Å². The molecule has 1 fully saturated rings. The maximum absolute atomic E-state index is 13.3. The highest BCUT2D eigenvalue weighted by Gasteiger charge is 2.37. The normalized spacial score (nSPS) is 19.3. The molecule has 1 aliphatic carbocycles. The molecule has 1 aliphatic rings. The monoisotopic (exact) mass is 365 g/mol. The minimum Gasteiger partial charge on any atom is -0.266 e. The molecule has 0 bridgehead atoms. The van der Waals surface area contributed by atoms with Gasteiger partial charge >= 0.3 is 6.18 Å². The van der Waals surface area contributed by atoms with Crippen LogP contribution >= 0.6 is 11.3 Å². The van der Waals surface area contributed by atoms with Crippen molar-refractivity contribution in [3.05, 3.63) is 45.1 Å². The predicted octanol–water partition coefficient (Wildman–Crippen LogP) is 4.49. The lowest BCUT2D eigenvalue weighted by Crippen LogP contribution is -2.27. The first kappa shape index (κ1) is 17.4. The maximum atomic E-state index is 13.3. The number of nitriles is 1. The van der Waals surface area contributed by atoms with Gasteiger partial charge in [0.2, 0.25) is 0 Å². The molecule has 3 rings (SSSR count). The van der Waals surface area contributed by atoms with E-state index in [0.717, 1.165) is 29.3 Å². The first-order valence-electron chi connectivity index (χ1n) is 7.72. The zero-order valence-electron chi connectivity index (χ0n) is 13.3. The van der Waals surface area contributed by atoms with Crippen molar-refractivity contribution in [2.45, 2.75) is 32.4 Å². The second-order valence-corrected chi connectivity index (χ2v) is 6.85. The number of hydrogen-bond acceptors (Lipinski definition) is 4. The van der Waals surface area contributed by atoms with Crippen LogP contribution in [0, 0.1) is 17.2 Å². The van der Waals surface area contributed by atoms with E-state index in [4.69, 9.17) is 5.26 Å². The molecule has 0 aliphatic heterocycles. The van der Waals surface area contributed by atoms with Crippen molar-refractivity contribution in [3.63, 3.8) is 0 Å². The summed E-state index contributed by atoms with van der Waals surface area (Å²) in [6.07, 6.45) is -2.24. The van der Waals surface area contributed by atoms with E-state index in [1.165, 1.54) is 17.4 Å². The van der Waals surface area contributed by atoms with Gasteiger partial charge in [-0.25, -0.2) is 0 Å². The van der Waals surface area contributed by atoms with Gasteiger partial charge in [-0.05, 0) is 42.7 Å². The Morgan fingerprint density at radius 2 is 2.20 bits per heavy atom. The molecule has 2 heterocycles. The first-order valence-corrected chi connectivity index (χ1v) is 8.60. The molecule has 1 saturated carbocycles. The van der Waals surface area contributed by atoms with E-state index in [1.54, 1.807) is 17.5 Å². The fourth-order valence-electron chi connectivity index (χ4n) is 2.91. The quantitative estimate of drug-likeness (QED) is 0.787. The Hall–Kier alpha value is -2.40. The van der Waals surface area contributed by atoms with Crippen LogP contribution in [0.1, 0.15) is 37.3 Å². The average molecular weight is 365 g/mol. The molecule has 0 saturated heterocycles. The number of halogens is 3. The maximum Gasteiger partial charge on any atom is 0.417 e. The van der Waals surface area contributed by atoms with E-state index in [-0.39, 0.29) is 11.6 Å². The average Bonchev–Trinajstić information content (AvgIpc) is 3.20. The highest BCUT2D eigenvalue weighted by molar-refractivity contribution is 7.13. The zero-order chi connectivity index (χ0) is 18.2. The Labute approximate surface area is 145 Å². The number of pyridine rings is 1. The fraction of sp³-hybridized carbons (Fsp3) is 0.353. The molecule has 2 aromatic heterocycles. The smallest absolute Gasteiger partial charge is 0.266 e. The van der Waals surface area contributed by atoms with Gasteiger partial charge in [-0.2, -0.15) is 28.2 Å². The third-order valence-electron chi connectivity index (χ3n) is 4.24. The molecule has 0 radical (unpaired) electrons. The van der Waals surface area contributed by atoms with Gasteiger partial charge < -0.3 is 0 Å². The standard InChI is InChI=1S/C17H14F3N3OS/c1-10-4-2-5-13(10)22-23-14(15-6-3-7-25-15)8-12(17(18,19)20)11(9-21)16(23)24/h3,6-8,10H,2,4-5H2,1H3/b22-13-. The third-order valence-corrected chi connectivity index (χ3v) is 5.14. The second kappa shape index (κ2) is 6.48.